The number of aryl methyl sites for hydroxylation is 1. The van der Waals surface area contributed by atoms with Gasteiger partial charge in [-0.25, -0.2) is 0 Å². The molecule has 3 aromatic rings. The lowest BCUT2D eigenvalue weighted by Gasteiger charge is -2.03. The van der Waals surface area contributed by atoms with Crippen molar-refractivity contribution in [2.45, 2.75) is 13.3 Å². The molecule has 1 amide bonds. The van der Waals surface area contributed by atoms with E-state index in [0.29, 0.717) is 27.8 Å². The highest BCUT2D eigenvalue weighted by Crippen LogP contribution is 2.27. The van der Waals surface area contributed by atoms with Crippen molar-refractivity contribution in [2.75, 3.05) is 5.32 Å². The van der Waals surface area contributed by atoms with E-state index in [1.807, 2.05) is 31.2 Å². The second kappa shape index (κ2) is 8.59. The Morgan fingerprint density at radius 3 is 2.54 bits per heavy atom. The van der Waals surface area contributed by atoms with Gasteiger partial charge in [0.2, 0.25) is 5.91 Å². The third kappa shape index (κ3) is 5.11. The number of hydrogen-bond acceptors (Lipinski definition) is 3. The number of aliphatic carboxylic acids is 1. The van der Waals surface area contributed by atoms with Crippen molar-refractivity contribution in [2.24, 2.45) is 0 Å². The van der Waals surface area contributed by atoms with Gasteiger partial charge in [-0.15, -0.1) is 0 Å². The van der Waals surface area contributed by atoms with Crippen LogP contribution < -0.4 is 5.32 Å². The second-order valence-electron chi connectivity index (χ2n) is 6.26. The number of furan rings is 1. The Balaban J connectivity index is 1.62. The average molecular weight is 396 g/mol. The summed E-state index contributed by atoms with van der Waals surface area (Å²) < 4.78 is 5.74. The highest BCUT2D eigenvalue weighted by molar-refractivity contribution is 6.31. The number of benzene rings is 2. The van der Waals surface area contributed by atoms with Crippen molar-refractivity contribution in [3.05, 3.63) is 82.6 Å². The molecule has 0 spiro atoms. The van der Waals surface area contributed by atoms with Crippen molar-refractivity contribution >= 4 is 35.2 Å². The summed E-state index contributed by atoms with van der Waals surface area (Å²) in [6.45, 7) is 1.93. The van der Waals surface area contributed by atoms with Gasteiger partial charge in [-0.3, -0.25) is 9.59 Å². The van der Waals surface area contributed by atoms with Gasteiger partial charge >= 0.3 is 5.97 Å². The van der Waals surface area contributed by atoms with Gasteiger partial charge in [0.1, 0.15) is 11.5 Å². The van der Waals surface area contributed by atoms with Gasteiger partial charge in [-0.2, -0.15) is 0 Å². The van der Waals surface area contributed by atoms with E-state index in [-0.39, 0.29) is 12.3 Å². The van der Waals surface area contributed by atoms with E-state index >= 15 is 0 Å². The summed E-state index contributed by atoms with van der Waals surface area (Å²) in [6.07, 6.45) is 2.89. The largest absolute Gasteiger partial charge is 0.481 e. The first kappa shape index (κ1) is 19.5. The monoisotopic (exact) mass is 395 g/mol. The zero-order valence-corrected chi connectivity index (χ0v) is 15.9. The Kier molecular flexibility index (Phi) is 5.96. The Morgan fingerprint density at radius 1 is 1.11 bits per heavy atom. The highest BCUT2D eigenvalue weighted by atomic mass is 35.5. The number of nitrogens with one attached hydrogen (secondary N) is 1. The minimum Gasteiger partial charge on any atom is -0.481 e. The number of anilines is 1. The molecule has 28 heavy (non-hydrogen) atoms. The minimum absolute atomic E-state index is 0.0544. The van der Waals surface area contributed by atoms with Crippen LogP contribution in [0.5, 0.6) is 0 Å². The third-order valence-electron chi connectivity index (χ3n) is 4.06. The summed E-state index contributed by atoms with van der Waals surface area (Å²) >= 11 is 6.15. The first-order valence-corrected chi connectivity index (χ1v) is 8.94. The summed E-state index contributed by atoms with van der Waals surface area (Å²) in [5, 5.41) is 12.1. The van der Waals surface area contributed by atoms with E-state index in [2.05, 4.69) is 5.32 Å². The van der Waals surface area contributed by atoms with Crippen molar-refractivity contribution in [3.8, 4) is 11.3 Å². The Bertz CT molecular complexity index is 1030. The highest BCUT2D eigenvalue weighted by Gasteiger charge is 2.06. The van der Waals surface area contributed by atoms with Crippen molar-refractivity contribution < 1.29 is 19.1 Å². The van der Waals surface area contributed by atoms with E-state index in [1.54, 1.807) is 36.4 Å². The van der Waals surface area contributed by atoms with Crippen LogP contribution in [0.25, 0.3) is 17.4 Å². The lowest BCUT2D eigenvalue weighted by molar-refractivity contribution is -0.136. The van der Waals surface area contributed by atoms with E-state index in [0.717, 1.165) is 11.1 Å². The summed E-state index contributed by atoms with van der Waals surface area (Å²) in [6, 6.07) is 15.9. The van der Waals surface area contributed by atoms with Gasteiger partial charge in [0.05, 0.1) is 6.42 Å². The Hall–Kier alpha value is -3.31. The molecule has 0 bridgehead atoms. The van der Waals surface area contributed by atoms with Crippen molar-refractivity contribution in [3.63, 3.8) is 0 Å². The Labute approximate surface area is 167 Å². The lowest BCUT2D eigenvalue weighted by atomic mass is 10.1. The number of carbonyl (C=O) groups excluding carboxylic acids is 1. The molecule has 0 aliphatic heterocycles. The number of carbonyl (C=O) groups is 2. The maximum atomic E-state index is 12.1. The molecule has 2 aromatic carbocycles. The molecule has 0 saturated carbocycles. The minimum atomic E-state index is -0.898. The maximum Gasteiger partial charge on any atom is 0.307 e. The quantitative estimate of drug-likeness (QED) is 0.563. The fraction of sp³-hybridized carbons (Fsp3) is 0.0909. The molecule has 1 aromatic heterocycles. The standard InChI is InChI=1S/C22H18ClNO4/c1-14-2-5-16(13-19(14)23)20-10-8-18(28-20)9-11-21(25)24-17-6-3-15(4-7-17)12-22(26)27/h2-11,13H,12H2,1H3,(H,24,25)(H,26,27)/b11-9+. The SMILES string of the molecule is Cc1ccc(-c2ccc(/C=C/C(=O)Nc3ccc(CC(=O)O)cc3)o2)cc1Cl. The molecule has 6 heteroatoms. The predicted molar refractivity (Wildman–Crippen MR) is 109 cm³/mol. The fourth-order valence-electron chi connectivity index (χ4n) is 2.57. The van der Waals surface area contributed by atoms with Crippen LogP contribution in [0.4, 0.5) is 5.69 Å². The fourth-order valence-corrected chi connectivity index (χ4v) is 2.75. The molecule has 0 saturated heterocycles. The molecule has 0 aliphatic carbocycles. The number of carboxylic acids is 1. The third-order valence-corrected chi connectivity index (χ3v) is 4.47. The zero-order valence-electron chi connectivity index (χ0n) is 15.1. The lowest BCUT2D eigenvalue weighted by Crippen LogP contribution is -2.08. The molecule has 0 unspecified atom stereocenters. The summed E-state index contributed by atoms with van der Waals surface area (Å²) in [5.41, 5.74) is 3.10. The van der Waals surface area contributed by atoms with E-state index < -0.39 is 5.97 Å². The second-order valence-corrected chi connectivity index (χ2v) is 6.66. The molecule has 0 fully saturated rings. The molecular weight excluding hydrogens is 378 g/mol. The molecule has 0 atom stereocenters. The first-order valence-electron chi connectivity index (χ1n) is 8.57. The number of carboxylic acid groups (broad SMARTS) is 1. The Morgan fingerprint density at radius 2 is 1.86 bits per heavy atom. The van der Waals surface area contributed by atoms with Gasteiger partial charge in [0.25, 0.3) is 0 Å². The smallest absolute Gasteiger partial charge is 0.307 e. The van der Waals surface area contributed by atoms with Crippen LogP contribution in [0.3, 0.4) is 0 Å². The number of halogens is 1. The predicted octanol–water partition coefficient (Wildman–Crippen LogP) is 5.19. The molecule has 5 nitrogen and oxygen atoms in total. The van der Waals surface area contributed by atoms with Crippen LogP contribution >= 0.6 is 11.6 Å². The van der Waals surface area contributed by atoms with Gasteiger partial charge < -0.3 is 14.8 Å². The molecule has 0 aliphatic rings. The topological polar surface area (TPSA) is 79.5 Å². The van der Waals surface area contributed by atoms with Crippen LogP contribution in [0.15, 0.2) is 65.1 Å². The summed E-state index contributed by atoms with van der Waals surface area (Å²) in [4.78, 5) is 22.7. The molecule has 2 N–H and O–H groups in total. The summed E-state index contributed by atoms with van der Waals surface area (Å²) in [7, 11) is 0. The van der Waals surface area contributed by atoms with Crippen LogP contribution in [0, 0.1) is 6.92 Å². The first-order chi connectivity index (χ1) is 13.4. The van der Waals surface area contributed by atoms with Gasteiger partial charge in [-0.05, 0) is 54.5 Å². The number of hydrogen-bond donors (Lipinski definition) is 2. The molecule has 1 heterocycles. The normalized spacial score (nSPS) is 10.9. The van der Waals surface area contributed by atoms with Crippen LogP contribution in [0.1, 0.15) is 16.9 Å². The molecule has 142 valence electrons. The van der Waals surface area contributed by atoms with E-state index in [4.69, 9.17) is 21.1 Å². The van der Waals surface area contributed by atoms with Crippen molar-refractivity contribution in [1.82, 2.24) is 0 Å². The van der Waals surface area contributed by atoms with Crippen LogP contribution in [-0.2, 0) is 16.0 Å². The number of amides is 1. The zero-order chi connectivity index (χ0) is 20.1. The molecule has 3 rings (SSSR count). The number of rotatable bonds is 6. The average Bonchev–Trinajstić information content (AvgIpc) is 3.12. The summed E-state index contributed by atoms with van der Waals surface area (Å²) in [5.74, 6) is -0.0117. The van der Waals surface area contributed by atoms with Crippen LogP contribution in [-0.4, -0.2) is 17.0 Å². The molecular formula is C22H18ClNO4. The van der Waals surface area contributed by atoms with Gasteiger partial charge in [0.15, 0.2) is 0 Å². The van der Waals surface area contributed by atoms with Gasteiger partial charge in [-0.1, -0.05) is 35.9 Å². The van der Waals surface area contributed by atoms with Gasteiger partial charge in [0, 0.05) is 22.3 Å². The van der Waals surface area contributed by atoms with E-state index in [9.17, 15) is 9.59 Å². The van der Waals surface area contributed by atoms with Crippen LogP contribution in [0.2, 0.25) is 5.02 Å². The van der Waals surface area contributed by atoms with E-state index in [1.165, 1.54) is 6.08 Å². The van der Waals surface area contributed by atoms with Crippen molar-refractivity contribution in [1.29, 1.82) is 0 Å². The molecule has 0 radical (unpaired) electrons. The maximum absolute atomic E-state index is 12.1.